The molecule has 2 amide bonds. The van der Waals surface area contributed by atoms with Crippen LogP contribution in [0.2, 0.25) is 0 Å². The fourth-order valence-corrected chi connectivity index (χ4v) is 3.69. The highest BCUT2D eigenvalue weighted by Crippen LogP contribution is 2.19. The summed E-state index contributed by atoms with van der Waals surface area (Å²) in [5, 5.41) is 2.97. The van der Waals surface area contributed by atoms with E-state index in [-0.39, 0.29) is 11.8 Å². The van der Waals surface area contributed by atoms with E-state index in [0.717, 1.165) is 38.9 Å². The number of amides is 2. The largest absolute Gasteiger partial charge is 0.352 e. The summed E-state index contributed by atoms with van der Waals surface area (Å²) in [5.41, 5.74) is 2.29. The van der Waals surface area contributed by atoms with Crippen molar-refractivity contribution in [3.05, 3.63) is 41.2 Å². The van der Waals surface area contributed by atoms with Gasteiger partial charge in [0, 0.05) is 44.5 Å². The summed E-state index contributed by atoms with van der Waals surface area (Å²) in [6.45, 7) is 6.96. The summed E-state index contributed by atoms with van der Waals surface area (Å²) in [4.78, 5) is 33.5. The fraction of sp³-hybridized carbons (Fsp3) is 0.571. The van der Waals surface area contributed by atoms with Crippen molar-refractivity contribution in [1.82, 2.24) is 20.1 Å². The third-order valence-electron chi connectivity index (χ3n) is 5.46. The highest BCUT2D eigenvalue weighted by molar-refractivity contribution is 5.98. The van der Waals surface area contributed by atoms with E-state index in [1.165, 1.54) is 18.4 Å². The lowest BCUT2D eigenvalue weighted by Crippen LogP contribution is -2.48. The first-order valence-electron chi connectivity index (χ1n) is 10.1. The maximum atomic E-state index is 12.7. The topological polar surface area (TPSA) is 65.5 Å². The van der Waals surface area contributed by atoms with E-state index in [0.29, 0.717) is 30.9 Å². The molecule has 6 heteroatoms. The average Bonchev–Trinajstić information content (AvgIpc) is 2.74. The van der Waals surface area contributed by atoms with E-state index in [1.807, 2.05) is 4.90 Å². The number of rotatable bonds is 6. The van der Waals surface area contributed by atoms with E-state index in [1.54, 1.807) is 18.3 Å². The molecule has 1 saturated heterocycles. The number of likely N-dealkylation sites (N-methyl/N-ethyl adjacent to an activating group) is 1. The van der Waals surface area contributed by atoms with Crippen LogP contribution in [0.1, 0.15) is 59.9 Å². The van der Waals surface area contributed by atoms with E-state index in [2.05, 4.69) is 28.2 Å². The maximum absolute atomic E-state index is 12.7. The molecule has 1 N–H and O–H groups in total. The van der Waals surface area contributed by atoms with Gasteiger partial charge in [-0.05, 0) is 50.8 Å². The molecule has 2 heterocycles. The van der Waals surface area contributed by atoms with Crippen LogP contribution in [0.25, 0.3) is 0 Å². The summed E-state index contributed by atoms with van der Waals surface area (Å²) in [6, 6.07) is 3.28. The molecule has 146 valence electrons. The molecule has 27 heavy (non-hydrogen) atoms. The molecule has 0 atom stereocenters. The van der Waals surface area contributed by atoms with E-state index in [9.17, 15) is 9.59 Å². The van der Waals surface area contributed by atoms with Gasteiger partial charge in [-0.15, -0.1) is 0 Å². The lowest BCUT2D eigenvalue weighted by molar-refractivity contribution is 0.0637. The Labute approximate surface area is 161 Å². The van der Waals surface area contributed by atoms with Gasteiger partial charge >= 0.3 is 0 Å². The number of allylic oxidation sites excluding steroid dienone is 1. The first-order valence-corrected chi connectivity index (χ1v) is 10.1. The van der Waals surface area contributed by atoms with Gasteiger partial charge < -0.3 is 15.1 Å². The zero-order valence-corrected chi connectivity index (χ0v) is 16.2. The Morgan fingerprint density at radius 3 is 2.70 bits per heavy atom. The Morgan fingerprint density at radius 1 is 1.19 bits per heavy atom. The van der Waals surface area contributed by atoms with Gasteiger partial charge in [-0.2, -0.15) is 0 Å². The van der Waals surface area contributed by atoms with Gasteiger partial charge in [0.1, 0.15) is 5.69 Å². The van der Waals surface area contributed by atoms with Crippen LogP contribution >= 0.6 is 0 Å². The lowest BCUT2D eigenvalue weighted by atomic mass is 9.97. The van der Waals surface area contributed by atoms with Gasteiger partial charge in [-0.1, -0.05) is 18.6 Å². The van der Waals surface area contributed by atoms with Crippen LogP contribution in [0.4, 0.5) is 0 Å². The van der Waals surface area contributed by atoms with Gasteiger partial charge in [-0.25, -0.2) is 0 Å². The minimum absolute atomic E-state index is 0.0900. The van der Waals surface area contributed by atoms with Crippen LogP contribution in [-0.2, 0) is 0 Å². The first kappa shape index (κ1) is 19.5. The van der Waals surface area contributed by atoms with Crippen LogP contribution in [0.3, 0.4) is 0 Å². The average molecular weight is 370 g/mol. The molecule has 1 aliphatic heterocycles. The van der Waals surface area contributed by atoms with E-state index < -0.39 is 0 Å². The van der Waals surface area contributed by atoms with Crippen molar-refractivity contribution in [2.45, 2.75) is 39.0 Å². The quantitative estimate of drug-likeness (QED) is 0.782. The number of hydrogen-bond donors (Lipinski definition) is 1. The number of nitrogens with one attached hydrogen (secondary N) is 1. The van der Waals surface area contributed by atoms with Crippen LogP contribution in [0.5, 0.6) is 0 Å². The molecule has 0 saturated carbocycles. The molecular formula is C21H30N4O2. The standard InChI is InChI=1S/C21H30N4O2/c1-2-24-12-14-25(15-13-24)21(27)19-16-18(9-11-22-19)20(26)23-10-8-17-6-4-3-5-7-17/h6,9,11,16H,2-5,7-8,10,12-15H2,1H3,(H,23,26). The van der Waals surface area contributed by atoms with Crippen molar-refractivity contribution in [3.63, 3.8) is 0 Å². The minimum Gasteiger partial charge on any atom is -0.352 e. The second-order valence-corrected chi connectivity index (χ2v) is 7.27. The Balaban J connectivity index is 1.53. The number of piperazine rings is 1. The zero-order valence-electron chi connectivity index (χ0n) is 16.2. The van der Waals surface area contributed by atoms with Crippen LogP contribution in [0.15, 0.2) is 30.0 Å². The summed E-state index contributed by atoms with van der Waals surface area (Å²) < 4.78 is 0. The van der Waals surface area contributed by atoms with Crippen molar-refractivity contribution in [3.8, 4) is 0 Å². The number of hydrogen-bond acceptors (Lipinski definition) is 4. The normalized spacial score (nSPS) is 18.1. The van der Waals surface area contributed by atoms with Crippen LogP contribution in [-0.4, -0.2) is 65.9 Å². The van der Waals surface area contributed by atoms with Gasteiger partial charge in [-0.3, -0.25) is 14.6 Å². The Bertz CT molecular complexity index is 693. The predicted octanol–water partition coefficient (Wildman–Crippen LogP) is 2.48. The van der Waals surface area contributed by atoms with Crippen molar-refractivity contribution in [2.24, 2.45) is 0 Å². The fourth-order valence-electron chi connectivity index (χ4n) is 3.69. The monoisotopic (exact) mass is 370 g/mol. The smallest absolute Gasteiger partial charge is 0.272 e. The third kappa shape index (κ3) is 5.39. The number of pyridine rings is 1. The highest BCUT2D eigenvalue weighted by Gasteiger charge is 2.22. The molecule has 1 aromatic heterocycles. The van der Waals surface area contributed by atoms with Gasteiger partial charge in [0.2, 0.25) is 0 Å². The number of carbonyl (C=O) groups excluding carboxylic acids is 2. The number of carbonyl (C=O) groups is 2. The number of nitrogens with zero attached hydrogens (tertiary/aromatic N) is 3. The Kier molecular flexibility index (Phi) is 6.98. The Morgan fingerprint density at radius 2 is 2.00 bits per heavy atom. The van der Waals surface area contributed by atoms with Gasteiger partial charge in [0.25, 0.3) is 11.8 Å². The first-order chi connectivity index (χ1) is 13.2. The summed E-state index contributed by atoms with van der Waals surface area (Å²) >= 11 is 0. The molecule has 3 rings (SSSR count). The van der Waals surface area contributed by atoms with Crippen molar-refractivity contribution in [1.29, 1.82) is 0 Å². The van der Waals surface area contributed by atoms with Crippen molar-refractivity contribution >= 4 is 11.8 Å². The summed E-state index contributed by atoms with van der Waals surface area (Å²) in [7, 11) is 0. The predicted molar refractivity (Wildman–Crippen MR) is 106 cm³/mol. The summed E-state index contributed by atoms with van der Waals surface area (Å²) in [5.74, 6) is -0.230. The third-order valence-corrected chi connectivity index (χ3v) is 5.46. The highest BCUT2D eigenvalue weighted by atomic mass is 16.2. The van der Waals surface area contributed by atoms with Crippen molar-refractivity contribution in [2.75, 3.05) is 39.3 Å². The second kappa shape index (κ2) is 9.65. The molecule has 0 aromatic carbocycles. The molecule has 0 radical (unpaired) electrons. The van der Waals surface area contributed by atoms with Crippen molar-refractivity contribution < 1.29 is 9.59 Å². The molecular weight excluding hydrogens is 340 g/mol. The lowest BCUT2D eigenvalue weighted by Gasteiger charge is -2.33. The molecule has 2 aliphatic rings. The molecule has 1 aromatic rings. The van der Waals surface area contributed by atoms with E-state index in [4.69, 9.17) is 0 Å². The van der Waals surface area contributed by atoms with Crippen LogP contribution in [0, 0.1) is 0 Å². The molecule has 6 nitrogen and oxygen atoms in total. The SMILES string of the molecule is CCN1CCN(C(=O)c2cc(C(=O)NCCC3=CCCCC3)ccn2)CC1. The zero-order chi connectivity index (χ0) is 19.1. The van der Waals surface area contributed by atoms with Gasteiger partial charge in [0.05, 0.1) is 0 Å². The molecule has 0 spiro atoms. The van der Waals surface area contributed by atoms with Gasteiger partial charge in [0.15, 0.2) is 0 Å². The Hall–Kier alpha value is -2.21. The molecule has 0 bridgehead atoms. The van der Waals surface area contributed by atoms with Crippen LogP contribution < -0.4 is 5.32 Å². The maximum Gasteiger partial charge on any atom is 0.272 e. The second-order valence-electron chi connectivity index (χ2n) is 7.27. The molecule has 1 aliphatic carbocycles. The molecule has 1 fully saturated rings. The summed E-state index contributed by atoms with van der Waals surface area (Å²) in [6.07, 6.45) is 9.59. The minimum atomic E-state index is -0.140. The number of aromatic nitrogens is 1. The van der Waals surface area contributed by atoms with E-state index >= 15 is 0 Å². The molecule has 0 unspecified atom stereocenters.